The number of carbonyl (C=O) groups is 1. The Balaban J connectivity index is 0.000000321. The number of hydrogen-bond donors (Lipinski definition) is 1. The summed E-state index contributed by atoms with van der Waals surface area (Å²) in [7, 11) is 0. The quantitative estimate of drug-likeness (QED) is 0.853. The fourth-order valence-corrected chi connectivity index (χ4v) is 2.93. The van der Waals surface area contributed by atoms with E-state index in [0.717, 1.165) is 19.4 Å². The van der Waals surface area contributed by atoms with Crippen molar-refractivity contribution in [1.29, 1.82) is 0 Å². The Labute approximate surface area is 156 Å². The smallest absolute Gasteiger partial charge is 0.430 e. The van der Waals surface area contributed by atoms with Gasteiger partial charge in [-0.2, -0.15) is 13.2 Å². The molecule has 4 nitrogen and oxygen atoms in total. The van der Waals surface area contributed by atoms with Crippen LogP contribution in [0.1, 0.15) is 17.5 Å². The molecule has 0 radical (unpaired) electrons. The van der Waals surface area contributed by atoms with Gasteiger partial charge in [-0.05, 0) is 11.1 Å². The fraction of sp³-hybridized carbons (Fsp3) is 0.350. The molecule has 3 rings (SSSR count). The van der Waals surface area contributed by atoms with Gasteiger partial charge in [-0.15, -0.1) is 0 Å². The normalized spacial score (nSPS) is 19.2. The number of carboxylic acid groups (broad SMARTS) is 1. The molecule has 1 saturated heterocycles. The number of hydrogen-bond acceptors (Lipinski definition) is 3. The molecule has 0 spiro atoms. The van der Waals surface area contributed by atoms with Gasteiger partial charge < -0.3 is 20.0 Å². The molecule has 146 valence electrons. The van der Waals surface area contributed by atoms with Crippen LogP contribution in [0.4, 0.5) is 13.2 Å². The van der Waals surface area contributed by atoms with Crippen molar-refractivity contribution in [3.8, 4) is 0 Å². The van der Waals surface area contributed by atoms with Crippen LogP contribution in [0.2, 0.25) is 0 Å². The SMILES string of the molecule is O=C([O-])C(F)(F)F.c1ccc(CO[C@H]2CC[NH2+][C@H]2Cc2ccccc2)cc1. The molecule has 27 heavy (non-hydrogen) atoms. The summed E-state index contributed by atoms with van der Waals surface area (Å²) in [6, 6.07) is 21.7. The number of nitrogens with two attached hydrogens (primary N) is 1. The molecule has 1 heterocycles. The first-order valence-electron chi connectivity index (χ1n) is 8.67. The van der Waals surface area contributed by atoms with Crippen LogP contribution in [0.5, 0.6) is 0 Å². The Kier molecular flexibility index (Phi) is 7.82. The molecule has 0 aliphatic carbocycles. The van der Waals surface area contributed by atoms with Crippen molar-refractivity contribution in [2.75, 3.05) is 6.54 Å². The molecular weight excluding hydrogens is 359 g/mol. The number of carboxylic acids is 1. The maximum Gasteiger partial charge on any atom is 0.430 e. The lowest BCUT2D eigenvalue weighted by atomic mass is 10.0. The summed E-state index contributed by atoms with van der Waals surface area (Å²) in [6.45, 7) is 1.90. The Hall–Kier alpha value is -2.38. The van der Waals surface area contributed by atoms with Crippen LogP contribution in [0, 0.1) is 0 Å². The van der Waals surface area contributed by atoms with Gasteiger partial charge in [0.05, 0.1) is 13.2 Å². The molecule has 1 fully saturated rings. The van der Waals surface area contributed by atoms with Crippen molar-refractivity contribution in [3.05, 3.63) is 71.8 Å². The van der Waals surface area contributed by atoms with E-state index in [2.05, 4.69) is 59.9 Å². The summed E-state index contributed by atoms with van der Waals surface area (Å²) in [5, 5.41) is 11.2. The first-order chi connectivity index (χ1) is 12.9. The minimum atomic E-state index is -5.19. The predicted molar refractivity (Wildman–Crippen MR) is 91.4 cm³/mol. The summed E-state index contributed by atoms with van der Waals surface area (Å²) >= 11 is 0. The van der Waals surface area contributed by atoms with Crippen molar-refractivity contribution >= 4 is 5.97 Å². The zero-order valence-corrected chi connectivity index (χ0v) is 14.7. The van der Waals surface area contributed by atoms with Crippen LogP contribution >= 0.6 is 0 Å². The third kappa shape index (κ3) is 7.40. The number of rotatable bonds is 5. The van der Waals surface area contributed by atoms with Crippen LogP contribution < -0.4 is 10.4 Å². The molecule has 1 aliphatic rings. The number of alkyl halides is 3. The summed E-state index contributed by atoms with van der Waals surface area (Å²) in [5.74, 6) is -3.01. The zero-order valence-electron chi connectivity index (χ0n) is 14.7. The van der Waals surface area contributed by atoms with Crippen LogP contribution in [0.15, 0.2) is 60.7 Å². The van der Waals surface area contributed by atoms with E-state index in [1.165, 1.54) is 17.7 Å². The van der Waals surface area contributed by atoms with Gasteiger partial charge in [0.25, 0.3) is 0 Å². The second-order valence-corrected chi connectivity index (χ2v) is 6.29. The molecule has 0 bridgehead atoms. The van der Waals surface area contributed by atoms with Gasteiger partial charge in [0.2, 0.25) is 0 Å². The third-order valence-corrected chi connectivity index (χ3v) is 4.25. The van der Waals surface area contributed by atoms with Crippen molar-refractivity contribution in [2.24, 2.45) is 0 Å². The Morgan fingerprint density at radius 1 is 1.04 bits per heavy atom. The lowest BCUT2D eigenvalue weighted by molar-refractivity contribution is -0.673. The van der Waals surface area contributed by atoms with Gasteiger partial charge in [-0.25, -0.2) is 0 Å². The maximum atomic E-state index is 10.5. The Morgan fingerprint density at radius 3 is 2.07 bits per heavy atom. The largest absolute Gasteiger partial charge is 0.542 e. The highest BCUT2D eigenvalue weighted by Gasteiger charge is 2.31. The molecule has 2 aromatic rings. The molecule has 0 amide bonds. The van der Waals surface area contributed by atoms with Gasteiger partial charge in [0.15, 0.2) is 0 Å². The monoisotopic (exact) mass is 381 g/mol. The van der Waals surface area contributed by atoms with Crippen molar-refractivity contribution < 1.29 is 33.1 Å². The van der Waals surface area contributed by atoms with Gasteiger partial charge in [0, 0.05) is 12.8 Å². The number of quaternary nitrogens is 1. The molecule has 0 unspecified atom stereocenters. The van der Waals surface area contributed by atoms with Crippen molar-refractivity contribution in [3.63, 3.8) is 0 Å². The van der Waals surface area contributed by atoms with Gasteiger partial charge in [0.1, 0.15) is 18.1 Å². The molecule has 1 aliphatic heterocycles. The van der Waals surface area contributed by atoms with E-state index >= 15 is 0 Å². The minimum Gasteiger partial charge on any atom is -0.542 e. The lowest BCUT2D eigenvalue weighted by Gasteiger charge is -2.17. The standard InChI is InChI=1S/C18H21NO.C2HF3O2/c1-3-7-15(8-4-1)13-17-18(11-12-19-17)20-14-16-9-5-2-6-10-16;3-2(4,5)1(6)7/h1-10,17-19H,11-14H2;(H,6,7)/t17-,18-;/m0./s1. The van der Waals surface area contributed by atoms with Crippen LogP contribution in [-0.4, -0.2) is 30.8 Å². The van der Waals surface area contributed by atoms with Crippen molar-refractivity contribution in [1.82, 2.24) is 0 Å². The van der Waals surface area contributed by atoms with E-state index in [1.807, 2.05) is 6.07 Å². The minimum absolute atomic E-state index is 0.371. The third-order valence-electron chi connectivity index (χ3n) is 4.25. The highest BCUT2D eigenvalue weighted by atomic mass is 19.4. The first kappa shape index (κ1) is 20.9. The molecule has 0 saturated carbocycles. The second kappa shape index (κ2) is 10.1. The van der Waals surface area contributed by atoms with Gasteiger partial charge in [-0.3, -0.25) is 0 Å². The summed E-state index contributed by atoms with van der Waals surface area (Å²) in [5.41, 5.74) is 2.67. The van der Waals surface area contributed by atoms with Gasteiger partial charge in [-0.1, -0.05) is 60.7 Å². The summed E-state index contributed by atoms with van der Waals surface area (Å²) in [4.78, 5) is 8.78. The summed E-state index contributed by atoms with van der Waals surface area (Å²) < 4.78 is 37.7. The van der Waals surface area contributed by atoms with E-state index in [-0.39, 0.29) is 0 Å². The number of aliphatic carboxylic acids is 1. The topological polar surface area (TPSA) is 66.0 Å². The molecule has 2 N–H and O–H groups in total. The Bertz CT molecular complexity index is 693. The van der Waals surface area contributed by atoms with Crippen molar-refractivity contribution in [2.45, 2.75) is 37.8 Å². The number of ether oxygens (including phenoxy) is 1. The van der Waals surface area contributed by atoms with Crippen LogP contribution in [-0.2, 0) is 22.6 Å². The lowest BCUT2D eigenvalue weighted by Crippen LogP contribution is -2.88. The van der Waals surface area contributed by atoms with E-state index in [1.54, 1.807) is 0 Å². The highest BCUT2D eigenvalue weighted by Crippen LogP contribution is 2.14. The molecule has 2 atom stereocenters. The Morgan fingerprint density at radius 2 is 1.56 bits per heavy atom. The maximum absolute atomic E-state index is 10.5. The molecule has 7 heteroatoms. The fourth-order valence-electron chi connectivity index (χ4n) is 2.93. The number of benzene rings is 2. The first-order valence-corrected chi connectivity index (χ1v) is 8.67. The van der Waals surface area contributed by atoms with Crippen LogP contribution in [0.3, 0.4) is 0 Å². The van der Waals surface area contributed by atoms with E-state index < -0.39 is 12.1 Å². The highest BCUT2D eigenvalue weighted by molar-refractivity contribution is 5.70. The van der Waals surface area contributed by atoms with E-state index in [0.29, 0.717) is 12.1 Å². The second-order valence-electron chi connectivity index (χ2n) is 6.29. The molecule has 2 aromatic carbocycles. The zero-order chi connectivity index (χ0) is 19.7. The van der Waals surface area contributed by atoms with E-state index in [9.17, 15) is 13.2 Å². The van der Waals surface area contributed by atoms with E-state index in [4.69, 9.17) is 14.6 Å². The average molecular weight is 381 g/mol. The van der Waals surface area contributed by atoms with Crippen LogP contribution in [0.25, 0.3) is 0 Å². The average Bonchev–Trinajstić information content (AvgIpc) is 3.08. The predicted octanol–water partition coefficient (Wildman–Crippen LogP) is 1.45. The number of halogens is 3. The number of carbonyl (C=O) groups excluding carboxylic acids is 1. The summed E-state index contributed by atoms with van der Waals surface area (Å²) in [6.07, 6.45) is -2.57. The van der Waals surface area contributed by atoms with Gasteiger partial charge >= 0.3 is 6.18 Å². The molecular formula is C20H22F3NO3. The molecule has 0 aromatic heterocycles.